The topological polar surface area (TPSA) is 76.0 Å². The number of fused-ring (bicyclic) bond motifs is 2. The van der Waals surface area contributed by atoms with Crippen molar-refractivity contribution in [2.45, 2.75) is 91.0 Å². The Hall–Kier alpha value is -1.85. The predicted molar refractivity (Wildman–Crippen MR) is 128 cm³/mol. The first-order valence-electron chi connectivity index (χ1n) is 12.2. The van der Waals surface area contributed by atoms with Crippen LogP contribution in [0.1, 0.15) is 71.4 Å². The van der Waals surface area contributed by atoms with Gasteiger partial charge in [-0.1, -0.05) is 32.4 Å². The van der Waals surface area contributed by atoms with Gasteiger partial charge in [0, 0.05) is 17.8 Å². The molecule has 5 heteroatoms. The van der Waals surface area contributed by atoms with Crippen LogP contribution in [0.15, 0.2) is 24.3 Å². The summed E-state index contributed by atoms with van der Waals surface area (Å²) in [6.45, 7) is 16.2. The lowest BCUT2D eigenvalue weighted by Gasteiger charge is -2.70. The summed E-state index contributed by atoms with van der Waals surface area (Å²) in [6, 6.07) is 3.60. The molecule has 6 atom stereocenters. The number of aryl methyl sites for hydroxylation is 1. The zero-order valence-corrected chi connectivity index (χ0v) is 21.2. The fraction of sp³-hybridized carbons (Fsp3) is 0.679. The van der Waals surface area contributed by atoms with Gasteiger partial charge in [-0.25, -0.2) is 0 Å². The van der Waals surface area contributed by atoms with Gasteiger partial charge in [0.05, 0.1) is 30.3 Å². The van der Waals surface area contributed by atoms with E-state index >= 15 is 0 Å². The van der Waals surface area contributed by atoms with E-state index in [0.29, 0.717) is 24.2 Å². The van der Waals surface area contributed by atoms with Crippen LogP contribution < -0.4 is 4.74 Å². The fourth-order valence-corrected chi connectivity index (χ4v) is 7.48. The van der Waals surface area contributed by atoms with Gasteiger partial charge >= 0.3 is 0 Å². The first-order chi connectivity index (χ1) is 15.2. The Bertz CT molecular complexity index is 996. The van der Waals surface area contributed by atoms with Gasteiger partial charge < -0.3 is 19.7 Å². The van der Waals surface area contributed by atoms with Gasteiger partial charge in [-0.15, -0.1) is 0 Å². The van der Waals surface area contributed by atoms with Crippen LogP contribution in [0.3, 0.4) is 0 Å². The molecule has 2 saturated carbocycles. The average Bonchev–Trinajstić information content (AvgIpc) is 3.14. The monoisotopic (exact) mass is 456 g/mol. The minimum atomic E-state index is -0.688. The van der Waals surface area contributed by atoms with Gasteiger partial charge in [0.15, 0.2) is 0 Å². The number of hydrogen-bond acceptors (Lipinski definition) is 5. The third kappa shape index (κ3) is 3.15. The van der Waals surface area contributed by atoms with Crippen molar-refractivity contribution < 1.29 is 24.5 Å². The van der Waals surface area contributed by atoms with E-state index in [-0.39, 0.29) is 28.3 Å². The summed E-state index contributed by atoms with van der Waals surface area (Å²) in [4.78, 5) is 14.4. The number of aromatic hydroxyl groups is 1. The van der Waals surface area contributed by atoms with E-state index in [1.165, 1.54) is 0 Å². The summed E-state index contributed by atoms with van der Waals surface area (Å²) in [6.07, 6.45) is 3.28. The highest BCUT2D eigenvalue weighted by Gasteiger charge is 2.82. The highest BCUT2D eigenvalue weighted by atomic mass is 16.6. The zero-order valence-electron chi connectivity index (χ0n) is 21.2. The second-order valence-corrected chi connectivity index (χ2v) is 11.8. The molecule has 1 aliphatic heterocycles. The third-order valence-corrected chi connectivity index (χ3v) is 9.65. The van der Waals surface area contributed by atoms with E-state index in [1.807, 2.05) is 33.8 Å². The van der Waals surface area contributed by atoms with Crippen molar-refractivity contribution in [1.29, 1.82) is 0 Å². The lowest BCUT2D eigenvalue weighted by atomic mass is 9.36. The standard InChI is InChI=1S/C28H40O5/c1-16(2)20(14-18-13-19(32-8)12-17(3)22(18)30)23(31)24-26(6)10-9-11-27(26,7)28(24)15-21(29)25(4,5)33-28/h12-13,20-21,24,29-30H,1,9-11,14-15H2,2-8H3. The van der Waals surface area contributed by atoms with Gasteiger partial charge in [-0.05, 0) is 75.6 Å². The molecule has 1 aromatic rings. The number of methoxy groups -OCH3 is 1. The Labute approximate surface area is 198 Å². The number of phenols is 1. The molecule has 33 heavy (non-hydrogen) atoms. The molecule has 2 aliphatic carbocycles. The molecule has 6 unspecified atom stereocenters. The molecule has 3 aliphatic rings. The number of phenolic OH excluding ortho intramolecular Hbond substituents is 1. The summed E-state index contributed by atoms with van der Waals surface area (Å²) in [5.41, 5.74) is 0.506. The fourth-order valence-electron chi connectivity index (χ4n) is 7.48. The van der Waals surface area contributed by atoms with Gasteiger partial charge in [0.1, 0.15) is 17.3 Å². The van der Waals surface area contributed by atoms with Crippen LogP contribution >= 0.6 is 0 Å². The maximum Gasteiger partial charge on any atom is 0.146 e. The van der Waals surface area contributed by atoms with E-state index < -0.39 is 23.2 Å². The van der Waals surface area contributed by atoms with Crippen molar-refractivity contribution in [2.75, 3.05) is 7.11 Å². The Kier molecular flexibility index (Phi) is 5.57. The van der Waals surface area contributed by atoms with Crippen LogP contribution in [0.25, 0.3) is 0 Å². The molecule has 182 valence electrons. The van der Waals surface area contributed by atoms with Crippen molar-refractivity contribution >= 4 is 5.78 Å². The quantitative estimate of drug-likeness (QED) is 0.580. The molecule has 4 rings (SSSR count). The highest BCUT2D eigenvalue weighted by Crippen LogP contribution is 2.79. The number of allylic oxidation sites excluding steroid dienone is 1. The van der Waals surface area contributed by atoms with Gasteiger partial charge in [-0.2, -0.15) is 0 Å². The van der Waals surface area contributed by atoms with E-state index in [9.17, 15) is 15.0 Å². The summed E-state index contributed by atoms with van der Waals surface area (Å²) in [7, 11) is 1.60. The molecule has 2 N–H and O–H groups in total. The number of hydrogen-bond donors (Lipinski definition) is 2. The molecule has 0 amide bonds. The van der Waals surface area contributed by atoms with Crippen LogP contribution in [-0.4, -0.2) is 40.4 Å². The van der Waals surface area contributed by atoms with Gasteiger partial charge in [0.25, 0.3) is 0 Å². The average molecular weight is 457 g/mol. The number of ketones is 1. The number of benzene rings is 1. The number of rotatable bonds is 6. The third-order valence-electron chi connectivity index (χ3n) is 9.65. The number of aliphatic hydroxyl groups excluding tert-OH is 1. The van der Waals surface area contributed by atoms with Crippen molar-refractivity contribution in [1.82, 2.24) is 0 Å². The molecule has 5 nitrogen and oxygen atoms in total. The Morgan fingerprint density at radius 2 is 1.94 bits per heavy atom. The first kappa shape index (κ1) is 24.3. The molecular weight excluding hydrogens is 416 g/mol. The minimum Gasteiger partial charge on any atom is -0.507 e. The molecular formula is C28H40O5. The molecule has 0 radical (unpaired) electrons. The van der Waals surface area contributed by atoms with Crippen LogP contribution in [0.4, 0.5) is 0 Å². The van der Waals surface area contributed by atoms with Crippen molar-refractivity contribution in [2.24, 2.45) is 22.7 Å². The van der Waals surface area contributed by atoms with E-state index in [4.69, 9.17) is 9.47 Å². The number of carbonyl (C=O) groups is 1. The Morgan fingerprint density at radius 3 is 2.48 bits per heavy atom. The minimum absolute atomic E-state index is 0.120. The maximum atomic E-state index is 14.4. The SMILES string of the molecule is C=C(C)C(Cc1cc(OC)cc(C)c1O)C(=O)C1C2(C)CCCC2(C)C12CC(O)C(C)(C)O2. The van der Waals surface area contributed by atoms with Crippen LogP contribution in [0.5, 0.6) is 11.5 Å². The summed E-state index contributed by atoms with van der Waals surface area (Å²) in [5.74, 6) is 0.214. The first-order valence-corrected chi connectivity index (χ1v) is 12.2. The summed E-state index contributed by atoms with van der Waals surface area (Å²) in [5, 5.41) is 21.6. The lowest BCUT2D eigenvalue weighted by molar-refractivity contribution is -0.305. The second-order valence-electron chi connectivity index (χ2n) is 11.8. The van der Waals surface area contributed by atoms with Gasteiger partial charge in [0.2, 0.25) is 0 Å². The normalized spacial score (nSPS) is 37.5. The second kappa shape index (κ2) is 7.58. The largest absolute Gasteiger partial charge is 0.507 e. The highest BCUT2D eigenvalue weighted by molar-refractivity contribution is 5.90. The molecule has 0 aromatic heterocycles. The van der Waals surface area contributed by atoms with Crippen LogP contribution in [0.2, 0.25) is 0 Å². The van der Waals surface area contributed by atoms with Crippen LogP contribution in [0, 0.1) is 29.6 Å². The van der Waals surface area contributed by atoms with Crippen molar-refractivity contribution in [3.05, 3.63) is 35.4 Å². The van der Waals surface area contributed by atoms with Gasteiger partial charge in [-0.3, -0.25) is 4.79 Å². The molecule has 1 heterocycles. The molecule has 1 spiro atoms. The number of carbonyl (C=O) groups excluding carboxylic acids is 1. The summed E-state index contributed by atoms with van der Waals surface area (Å²) >= 11 is 0. The molecule has 1 saturated heterocycles. The Morgan fingerprint density at radius 1 is 1.27 bits per heavy atom. The number of aliphatic hydroxyl groups is 1. The van der Waals surface area contributed by atoms with Crippen molar-refractivity contribution in [3.63, 3.8) is 0 Å². The smallest absolute Gasteiger partial charge is 0.146 e. The summed E-state index contributed by atoms with van der Waals surface area (Å²) < 4.78 is 12.1. The molecule has 3 fully saturated rings. The zero-order chi connectivity index (χ0) is 24.6. The lowest BCUT2D eigenvalue weighted by Crippen LogP contribution is -2.75. The molecule has 1 aromatic carbocycles. The number of ether oxygens (including phenoxy) is 2. The Balaban J connectivity index is 1.74. The van der Waals surface area contributed by atoms with E-state index in [1.54, 1.807) is 13.2 Å². The van der Waals surface area contributed by atoms with Crippen LogP contribution in [-0.2, 0) is 16.0 Å². The maximum absolute atomic E-state index is 14.4. The number of Topliss-reactive ketones (excluding diaryl/α,β-unsaturated/α-hetero) is 1. The van der Waals surface area contributed by atoms with E-state index in [0.717, 1.165) is 30.4 Å². The predicted octanol–water partition coefficient (Wildman–Crippen LogP) is 5.14. The van der Waals surface area contributed by atoms with Crippen molar-refractivity contribution in [3.8, 4) is 11.5 Å². The molecule has 0 bridgehead atoms. The van der Waals surface area contributed by atoms with E-state index in [2.05, 4.69) is 20.4 Å².